The maximum absolute atomic E-state index is 15.2. The fraction of sp³-hybridized carbons (Fsp3) is 0.586. The number of amides is 1. The topological polar surface area (TPSA) is 175 Å². The largest absolute Gasteiger partial charge is 0.695 e. The van der Waals surface area contributed by atoms with Gasteiger partial charge >= 0.3 is 157 Å². The lowest BCUT2D eigenvalue weighted by molar-refractivity contribution is -0.461. The van der Waals surface area contributed by atoms with E-state index in [4.69, 9.17) is 23.5 Å². The van der Waals surface area contributed by atoms with Crippen LogP contribution in [0.2, 0.25) is 0 Å². The molecule has 5 aromatic rings. The lowest BCUT2D eigenvalue weighted by atomic mass is 9.80. The summed E-state index contributed by atoms with van der Waals surface area (Å²) in [5, 5.41) is 1.54. The van der Waals surface area contributed by atoms with Crippen molar-refractivity contribution in [3.8, 4) is 28.7 Å². The zero-order valence-corrected chi connectivity index (χ0v) is 66.8. The Bertz CT molecular complexity index is 4890. The number of hydrogen-bond acceptors (Lipinski definition) is 12. The summed E-state index contributed by atoms with van der Waals surface area (Å²) in [7, 11) is -1.12. The van der Waals surface area contributed by atoms with Crippen molar-refractivity contribution in [3.63, 3.8) is 0 Å². The first-order chi connectivity index (χ1) is 61.3. The molecule has 0 saturated carbocycles. The van der Waals surface area contributed by atoms with Crippen molar-refractivity contribution in [2.24, 2.45) is 0 Å². The zero-order valence-electron chi connectivity index (χ0n) is 65.9. The number of alkyl halides is 51. The number of nitrogens with zero attached hydrogens (tertiary/aromatic N) is 2. The van der Waals surface area contributed by atoms with Crippen LogP contribution in [-0.2, 0) is 24.2 Å². The molecule has 0 aliphatic carbocycles. The van der Waals surface area contributed by atoms with E-state index >= 15 is 43.9 Å². The number of benzene rings is 4. The van der Waals surface area contributed by atoms with E-state index in [2.05, 4.69) is 19.2 Å². The lowest BCUT2D eigenvalue weighted by Crippen LogP contribution is -2.74. The summed E-state index contributed by atoms with van der Waals surface area (Å²) in [5.41, 5.74) is -4.40. The number of halogens is 51. The molecule has 67 heteroatoms. The fourth-order valence-corrected chi connectivity index (χ4v) is 12.4. The van der Waals surface area contributed by atoms with Crippen LogP contribution in [0.1, 0.15) is 78.2 Å². The van der Waals surface area contributed by atoms with Gasteiger partial charge in [-0.25, -0.2) is 4.79 Å². The van der Waals surface area contributed by atoms with Gasteiger partial charge in [0, 0.05) is 42.0 Å². The van der Waals surface area contributed by atoms with Gasteiger partial charge in [-0.3, -0.25) is 9.36 Å². The van der Waals surface area contributed by atoms with Crippen molar-refractivity contribution in [2.45, 2.75) is 212 Å². The van der Waals surface area contributed by atoms with Crippen molar-refractivity contribution < 1.29 is 276 Å². The van der Waals surface area contributed by atoms with Gasteiger partial charge < -0.3 is 38.5 Å². The molecule has 778 valence electrons. The molecule has 4 atom stereocenters. The summed E-state index contributed by atoms with van der Waals surface area (Å²) in [6, 6.07) is 19.3. The summed E-state index contributed by atoms with van der Waals surface area (Å²) < 4.78 is 777. The third-order valence-corrected chi connectivity index (χ3v) is 20.2. The minimum atomic E-state index is -9.34. The molecule has 15 nitrogen and oxygen atoms in total. The Morgan fingerprint density at radius 3 is 0.993 bits per heavy atom. The Balaban J connectivity index is 1.50. The Hall–Kier alpha value is -9.40. The van der Waals surface area contributed by atoms with Crippen LogP contribution in [0, 0.1) is 0 Å². The Morgan fingerprint density at radius 1 is 0.409 bits per heavy atom. The molecule has 2 N–H and O–H groups in total. The van der Waals surface area contributed by atoms with E-state index in [1.54, 1.807) is 35.6 Å². The highest BCUT2D eigenvalue weighted by molar-refractivity contribution is 7.32. The van der Waals surface area contributed by atoms with Crippen LogP contribution in [0.25, 0.3) is 0 Å². The normalized spacial score (nSPS) is 17.1. The van der Waals surface area contributed by atoms with E-state index in [-0.39, 0.29) is 23.6 Å². The molecule has 0 radical (unpaired) electrons. The predicted molar refractivity (Wildman–Crippen MR) is 351 cm³/mol. The summed E-state index contributed by atoms with van der Waals surface area (Å²) in [4.78, 5) is 41.5. The standard InChI is InChI=1S/C70H49F51N3O12P/c1-129-35-15-11-33(12-16-35)49(32-9-4-3-5-10-32,34-13-17-36(130-2)18-14-34)134-30-40-37(136-137(127)128)29-42(135-40)124-23-19-41(123-45(124)126)122-44(125)31-27-38(131-24-6-20-46(71,72)50(77,78)53(83,84)56(89,90)59(95,96)62(101,102)65(107,108)68(113,114)115)43(133-26-8-22-48(75,76)52(81,82)55(87,88)58(93,94)61(99,100)64(105,106)67(111,112)70(119,120)121)39(28-31)132-25-7-21-47(73,74)51(79,80)54(85,86)57(91,92)60(97,98)63(103,104)66(109,110)69(116,117)118/h3-5,9-19,23,27-28,37,40,42H,6-8,20-22,24-26,29-30H2,1-2H3,(H-,122,123,125,126,127,128)/p+1/t37-,40+,42+/m0/s1. The van der Waals surface area contributed by atoms with E-state index in [1.165, 1.54) is 62.8 Å². The highest BCUT2D eigenvalue weighted by Gasteiger charge is 2.99. The molecule has 1 amide bonds. The minimum absolute atomic E-state index is 0.279. The fourth-order valence-electron chi connectivity index (χ4n) is 12.0. The monoisotopic (exact) mass is 2120 g/mol. The molecule has 4 aromatic carbocycles. The van der Waals surface area contributed by atoms with Crippen molar-refractivity contribution in [3.05, 3.63) is 136 Å². The van der Waals surface area contributed by atoms with Crippen LogP contribution in [0.3, 0.4) is 0 Å². The summed E-state index contributed by atoms with van der Waals surface area (Å²) in [6.45, 7) is -8.44. The smallest absolute Gasteiger partial charge is 0.497 e. The van der Waals surface area contributed by atoms with Crippen LogP contribution in [0.15, 0.2) is 108 Å². The molecule has 1 unspecified atom stereocenters. The first-order valence-corrected chi connectivity index (χ1v) is 37.0. The van der Waals surface area contributed by atoms with E-state index in [0.717, 1.165) is 0 Å². The SMILES string of the molecule is COc1ccc(C(OC[C@H]2O[C@@H](n3ccc(NC(=O)c4cc(OCCCC(F)(F)C(F)(F)C(F)(F)C(F)(F)C(F)(F)C(F)(F)C(F)(F)C(F)(F)F)c(OCCCC(F)(F)C(F)(F)C(F)(F)C(F)(F)C(F)(F)C(F)(F)C(F)(F)C(F)(F)F)c(OCCCC(F)(F)C(F)(F)C(F)(F)C(F)(F)C(F)(F)C(F)(F)C(F)(F)C(F)(F)F)c4)nc3=O)C[C@@H]2O[P+](=O)O)(c2ccccc2)c2ccc(OC)cc2)cc1. The Labute approximate surface area is 727 Å². The quantitative estimate of drug-likeness (QED) is 0.0163. The van der Waals surface area contributed by atoms with Gasteiger partial charge in [0.15, 0.2) is 11.5 Å². The van der Waals surface area contributed by atoms with Gasteiger partial charge in [0.25, 0.3) is 5.91 Å². The Kier molecular flexibility index (Phi) is 32.2. The van der Waals surface area contributed by atoms with E-state index in [1.807, 2.05) is 0 Å². The number of ether oxygens (including phenoxy) is 7. The molecule has 0 bridgehead atoms. The third-order valence-electron chi connectivity index (χ3n) is 19.7. The van der Waals surface area contributed by atoms with Crippen LogP contribution in [-0.4, -0.2) is 216 Å². The average molecular weight is 2130 g/mol. The first kappa shape index (κ1) is 116. The third kappa shape index (κ3) is 19.6. The number of rotatable bonds is 46. The maximum Gasteiger partial charge on any atom is 0.695 e. The average Bonchev–Trinajstić information content (AvgIpc) is 0.790. The second-order valence-corrected chi connectivity index (χ2v) is 29.3. The summed E-state index contributed by atoms with van der Waals surface area (Å²) >= 11 is 0. The highest BCUT2D eigenvalue weighted by Crippen LogP contribution is 2.69. The van der Waals surface area contributed by atoms with E-state index in [0.29, 0.717) is 33.5 Å². The maximum atomic E-state index is 15.2. The first-order valence-electron chi connectivity index (χ1n) is 35.9. The summed E-state index contributed by atoms with van der Waals surface area (Å²) in [5.74, 6) is -195. The van der Waals surface area contributed by atoms with Gasteiger partial charge in [-0.1, -0.05) is 54.6 Å². The van der Waals surface area contributed by atoms with Gasteiger partial charge in [0.2, 0.25) is 5.75 Å². The van der Waals surface area contributed by atoms with Crippen molar-refractivity contribution in [1.82, 2.24) is 9.55 Å². The molecule has 0 spiro atoms. The second kappa shape index (κ2) is 37.9. The molecule has 1 aliphatic heterocycles. The number of hydrogen-bond donors (Lipinski definition) is 2. The second-order valence-electron chi connectivity index (χ2n) is 28.6. The van der Waals surface area contributed by atoms with Gasteiger partial charge in [-0.2, -0.15) is 229 Å². The van der Waals surface area contributed by atoms with Crippen LogP contribution in [0.5, 0.6) is 28.7 Å². The number of anilines is 1. The minimum Gasteiger partial charge on any atom is -0.497 e. The van der Waals surface area contributed by atoms with Crippen LogP contribution < -0.4 is 34.7 Å². The highest BCUT2D eigenvalue weighted by atomic mass is 31.1. The zero-order chi connectivity index (χ0) is 106. The molecule has 6 rings (SSSR count). The predicted octanol–water partition coefficient (Wildman–Crippen LogP) is 24.3. The van der Waals surface area contributed by atoms with Crippen molar-refractivity contribution in [2.75, 3.05) is 46.0 Å². The molecule has 2 heterocycles. The van der Waals surface area contributed by atoms with Gasteiger partial charge in [-0.05, 0) is 78.4 Å². The molecule has 1 saturated heterocycles. The molecule has 1 aliphatic rings. The van der Waals surface area contributed by atoms with E-state index in [9.17, 15) is 199 Å². The van der Waals surface area contributed by atoms with Crippen molar-refractivity contribution >= 4 is 20.0 Å². The van der Waals surface area contributed by atoms with E-state index < -0.39 is 287 Å². The van der Waals surface area contributed by atoms with Crippen LogP contribution >= 0.6 is 8.25 Å². The van der Waals surface area contributed by atoms with Gasteiger partial charge in [0.05, 0.1) is 40.6 Å². The van der Waals surface area contributed by atoms with Gasteiger partial charge in [0.1, 0.15) is 41.4 Å². The number of methoxy groups -OCH3 is 2. The Morgan fingerprint density at radius 2 is 0.701 bits per heavy atom. The van der Waals surface area contributed by atoms with Crippen LogP contribution in [0.4, 0.5) is 230 Å². The number of carbonyl (C=O) groups is 1. The summed E-state index contributed by atoms with van der Waals surface area (Å²) in [6.07, 6.45) is -49.3. The number of aromatic nitrogens is 2. The van der Waals surface area contributed by atoms with Crippen molar-refractivity contribution in [1.29, 1.82) is 0 Å². The molecule has 137 heavy (non-hydrogen) atoms. The molecule has 1 aromatic heterocycles. The lowest BCUT2D eigenvalue weighted by Gasteiger charge is -2.42. The number of carbonyl (C=O) groups excluding carboxylic acids is 1. The molecular formula is C70H50F51N3O12P+. The van der Waals surface area contributed by atoms with Gasteiger partial charge in [-0.15, -0.1) is 9.42 Å². The molecule has 1 fully saturated rings. The number of nitrogens with one attached hydrogen (secondary N) is 1. The molecular weight excluding hydrogens is 2070 g/mol.